The van der Waals surface area contributed by atoms with Crippen LogP contribution in [-0.2, 0) is 13.1 Å². The van der Waals surface area contributed by atoms with Gasteiger partial charge in [0.25, 0.3) is 11.2 Å². The second-order valence-electron chi connectivity index (χ2n) is 7.42. The molecule has 0 aliphatic carbocycles. The van der Waals surface area contributed by atoms with Crippen molar-refractivity contribution in [3.05, 3.63) is 104 Å². The normalized spacial score (nSPS) is 11.0. The summed E-state index contributed by atoms with van der Waals surface area (Å²) in [4.78, 5) is 40.5. The highest BCUT2D eigenvalue weighted by atomic mass is 16.6. The molecule has 0 atom stereocenters. The van der Waals surface area contributed by atoms with Crippen molar-refractivity contribution >= 4 is 22.4 Å². The first kappa shape index (κ1) is 20.2. The average molecular weight is 416 g/mol. The second-order valence-corrected chi connectivity index (χ2v) is 7.42. The second kappa shape index (κ2) is 7.98. The van der Waals surface area contributed by atoms with Gasteiger partial charge in [0, 0.05) is 35.6 Å². The Kier molecular flexibility index (Phi) is 5.21. The summed E-state index contributed by atoms with van der Waals surface area (Å²) in [6.45, 7) is 4.27. The standard InChI is InChI=1S/C23H20N4O4/c1-15-10-19(16(2)26(15)12-17-6-4-3-5-7-17)22(28)13-25-14-24-21-9-8-18(27(30)31)11-20(21)23(25)29/h3-11,14H,12-13H2,1-2H3. The SMILES string of the molecule is Cc1cc(C(=O)Cn2cnc3ccc([N+](=O)[O-])cc3c2=O)c(C)n1Cc1ccccc1. The van der Waals surface area contributed by atoms with E-state index in [-0.39, 0.29) is 23.4 Å². The van der Waals surface area contributed by atoms with Gasteiger partial charge in [0.2, 0.25) is 0 Å². The number of carbonyl (C=O) groups is 1. The Morgan fingerprint density at radius 1 is 1.10 bits per heavy atom. The first-order valence-electron chi connectivity index (χ1n) is 9.72. The fourth-order valence-electron chi connectivity index (χ4n) is 3.71. The summed E-state index contributed by atoms with van der Waals surface area (Å²) in [6, 6.07) is 15.7. The van der Waals surface area contributed by atoms with Gasteiger partial charge >= 0.3 is 0 Å². The summed E-state index contributed by atoms with van der Waals surface area (Å²) in [7, 11) is 0. The fraction of sp³-hybridized carbons (Fsp3) is 0.174. The molecule has 0 saturated heterocycles. The number of hydrogen-bond acceptors (Lipinski definition) is 5. The van der Waals surface area contributed by atoms with Crippen LogP contribution in [0.2, 0.25) is 0 Å². The predicted molar refractivity (Wildman–Crippen MR) is 116 cm³/mol. The van der Waals surface area contributed by atoms with Crippen LogP contribution < -0.4 is 5.56 Å². The average Bonchev–Trinajstić information content (AvgIpc) is 3.04. The van der Waals surface area contributed by atoms with E-state index < -0.39 is 10.5 Å². The maximum atomic E-state index is 13.0. The molecule has 0 spiro atoms. The van der Waals surface area contributed by atoms with Crippen LogP contribution >= 0.6 is 0 Å². The number of Topliss-reactive ketones (excluding diaryl/α,β-unsaturated/α-hetero) is 1. The number of benzene rings is 2. The molecule has 0 N–H and O–H groups in total. The van der Waals surface area contributed by atoms with Gasteiger partial charge in [-0.1, -0.05) is 30.3 Å². The van der Waals surface area contributed by atoms with E-state index in [2.05, 4.69) is 9.55 Å². The minimum absolute atomic E-state index is 0.110. The Balaban J connectivity index is 1.65. The van der Waals surface area contributed by atoms with Crippen LogP contribution in [-0.4, -0.2) is 24.8 Å². The highest BCUT2D eigenvalue weighted by molar-refractivity contribution is 5.97. The highest BCUT2D eigenvalue weighted by Crippen LogP contribution is 2.19. The van der Waals surface area contributed by atoms with Crippen LogP contribution in [0.3, 0.4) is 0 Å². The van der Waals surface area contributed by atoms with Crippen molar-refractivity contribution in [2.75, 3.05) is 0 Å². The van der Waals surface area contributed by atoms with Crippen molar-refractivity contribution in [1.29, 1.82) is 0 Å². The molecule has 0 aliphatic heterocycles. The fourth-order valence-corrected chi connectivity index (χ4v) is 3.71. The molecule has 2 aromatic heterocycles. The molecule has 0 amide bonds. The van der Waals surface area contributed by atoms with Gasteiger partial charge in [-0.25, -0.2) is 4.98 Å². The Hall–Kier alpha value is -4.07. The number of fused-ring (bicyclic) bond motifs is 1. The Morgan fingerprint density at radius 2 is 1.84 bits per heavy atom. The minimum atomic E-state index is -0.567. The van der Waals surface area contributed by atoms with Crippen molar-refractivity contribution < 1.29 is 9.72 Å². The number of carbonyl (C=O) groups excluding carboxylic acids is 1. The molecule has 0 radical (unpaired) electrons. The van der Waals surface area contributed by atoms with Gasteiger partial charge in [0.05, 0.1) is 28.7 Å². The summed E-state index contributed by atoms with van der Waals surface area (Å²) in [5.41, 5.74) is 3.10. The van der Waals surface area contributed by atoms with Crippen molar-refractivity contribution in [1.82, 2.24) is 14.1 Å². The molecule has 0 saturated carbocycles. The van der Waals surface area contributed by atoms with E-state index in [1.54, 1.807) is 0 Å². The number of nitro groups is 1. The van der Waals surface area contributed by atoms with Gasteiger partial charge in [0.1, 0.15) is 0 Å². The van der Waals surface area contributed by atoms with Crippen LogP contribution in [0.5, 0.6) is 0 Å². The third-order valence-corrected chi connectivity index (χ3v) is 5.39. The maximum Gasteiger partial charge on any atom is 0.270 e. The molecule has 31 heavy (non-hydrogen) atoms. The van der Waals surface area contributed by atoms with Crippen molar-refractivity contribution in [3.8, 4) is 0 Å². The Bertz CT molecular complexity index is 1370. The van der Waals surface area contributed by atoms with Crippen molar-refractivity contribution in [2.24, 2.45) is 0 Å². The van der Waals surface area contributed by atoms with Gasteiger partial charge in [-0.15, -0.1) is 0 Å². The third kappa shape index (κ3) is 3.87. The molecule has 4 aromatic rings. The molecule has 0 aliphatic rings. The molecular weight excluding hydrogens is 396 g/mol. The number of aromatic nitrogens is 3. The first-order valence-corrected chi connectivity index (χ1v) is 9.72. The summed E-state index contributed by atoms with van der Waals surface area (Å²) in [5, 5.41) is 11.1. The highest BCUT2D eigenvalue weighted by Gasteiger charge is 2.18. The lowest BCUT2D eigenvalue weighted by molar-refractivity contribution is -0.384. The summed E-state index contributed by atoms with van der Waals surface area (Å²) >= 11 is 0. The minimum Gasteiger partial charge on any atom is -0.344 e. The predicted octanol–water partition coefficient (Wildman–Crippen LogP) is 3.65. The molecule has 0 bridgehead atoms. The quantitative estimate of drug-likeness (QED) is 0.271. The van der Waals surface area contributed by atoms with Crippen molar-refractivity contribution in [3.63, 3.8) is 0 Å². The summed E-state index contributed by atoms with van der Waals surface area (Å²) < 4.78 is 3.26. The van der Waals surface area contributed by atoms with Crippen LogP contribution in [0.15, 0.2) is 65.7 Å². The van der Waals surface area contributed by atoms with E-state index in [1.807, 2.05) is 50.2 Å². The van der Waals surface area contributed by atoms with Crippen LogP contribution in [0.1, 0.15) is 27.3 Å². The Morgan fingerprint density at radius 3 is 2.55 bits per heavy atom. The lowest BCUT2D eigenvalue weighted by atomic mass is 10.1. The van der Waals surface area contributed by atoms with E-state index in [0.29, 0.717) is 17.6 Å². The number of non-ortho nitro benzene ring substituents is 1. The zero-order chi connectivity index (χ0) is 22.1. The lowest BCUT2D eigenvalue weighted by Gasteiger charge is -2.10. The molecule has 156 valence electrons. The van der Waals surface area contributed by atoms with E-state index in [9.17, 15) is 19.7 Å². The molecule has 0 unspecified atom stereocenters. The smallest absolute Gasteiger partial charge is 0.270 e. The molecule has 2 heterocycles. The molecule has 2 aromatic carbocycles. The van der Waals surface area contributed by atoms with Gasteiger partial charge in [-0.05, 0) is 31.5 Å². The largest absolute Gasteiger partial charge is 0.344 e. The van der Waals surface area contributed by atoms with E-state index in [4.69, 9.17) is 0 Å². The molecule has 4 rings (SSSR count). The van der Waals surface area contributed by atoms with Gasteiger partial charge in [0.15, 0.2) is 5.78 Å². The maximum absolute atomic E-state index is 13.0. The van der Waals surface area contributed by atoms with Gasteiger partial charge < -0.3 is 4.57 Å². The van der Waals surface area contributed by atoms with Crippen molar-refractivity contribution in [2.45, 2.75) is 26.9 Å². The molecule has 0 fully saturated rings. The first-order chi connectivity index (χ1) is 14.8. The number of rotatable bonds is 6. The number of nitrogens with zero attached hydrogens (tertiary/aromatic N) is 4. The zero-order valence-corrected chi connectivity index (χ0v) is 17.1. The topological polar surface area (TPSA) is 100 Å². The summed E-state index contributed by atoms with van der Waals surface area (Å²) in [5.74, 6) is -0.221. The summed E-state index contributed by atoms with van der Waals surface area (Å²) in [6.07, 6.45) is 1.30. The lowest BCUT2D eigenvalue weighted by Crippen LogP contribution is -2.25. The van der Waals surface area contributed by atoms with E-state index >= 15 is 0 Å². The third-order valence-electron chi connectivity index (χ3n) is 5.39. The number of hydrogen-bond donors (Lipinski definition) is 0. The van der Waals surface area contributed by atoms with E-state index in [0.717, 1.165) is 17.0 Å². The van der Waals surface area contributed by atoms with Gasteiger partial charge in [-0.2, -0.15) is 0 Å². The molecule has 8 nitrogen and oxygen atoms in total. The number of nitro benzene ring substituents is 1. The number of aryl methyl sites for hydroxylation is 1. The molecule has 8 heteroatoms. The van der Waals surface area contributed by atoms with Crippen LogP contribution in [0.25, 0.3) is 10.9 Å². The van der Waals surface area contributed by atoms with Gasteiger partial charge in [-0.3, -0.25) is 24.3 Å². The zero-order valence-electron chi connectivity index (χ0n) is 17.1. The van der Waals surface area contributed by atoms with Crippen LogP contribution in [0.4, 0.5) is 5.69 Å². The number of ketones is 1. The van der Waals surface area contributed by atoms with Crippen LogP contribution in [0, 0.1) is 24.0 Å². The monoisotopic (exact) mass is 416 g/mol. The Labute approximate surface area is 177 Å². The van der Waals surface area contributed by atoms with E-state index in [1.165, 1.54) is 29.1 Å². The molecular formula is C23H20N4O4.